The van der Waals surface area contributed by atoms with E-state index in [2.05, 4.69) is 62.3 Å². The summed E-state index contributed by atoms with van der Waals surface area (Å²) in [5.74, 6) is 1.33. The van der Waals surface area contributed by atoms with E-state index < -0.39 is 6.10 Å². The average Bonchev–Trinajstić information content (AvgIpc) is 1.35. The van der Waals surface area contributed by atoms with Gasteiger partial charge >= 0.3 is 0 Å². The van der Waals surface area contributed by atoms with E-state index in [1.54, 1.807) is 0 Å². The van der Waals surface area contributed by atoms with Crippen LogP contribution in [0, 0.1) is 11.8 Å². The third-order valence-corrected chi connectivity index (χ3v) is 18.5. The van der Waals surface area contributed by atoms with Gasteiger partial charge in [-0.05, 0) is 115 Å². The van der Waals surface area contributed by atoms with Gasteiger partial charge in [0, 0.05) is 52.9 Å². The highest BCUT2D eigenvalue weighted by molar-refractivity contribution is 4.66. The number of aliphatic hydroxyl groups is 2. The summed E-state index contributed by atoms with van der Waals surface area (Å²) in [5.41, 5.74) is 0. The van der Waals surface area contributed by atoms with Crippen molar-refractivity contribution in [1.29, 1.82) is 0 Å². The number of aliphatic hydroxyl groups excluding tert-OH is 2. The van der Waals surface area contributed by atoms with Gasteiger partial charge in [-0.1, -0.05) is 255 Å². The Hall–Kier alpha value is -0.640. The molecule has 3 fully saturated rings. The third-order valence-electron chi connectivity index (χ3n) is 18.5. The molecule has 0 spiro atoms. The van der Waals surface area contributed by atoms with Crippen LogP contribution in [-0.4, -0.2) is 186 Å². The van der Waals surface area contributed by atoms with Crippen molar-refractivity contribution in [2.24, 2.45) is 11.8 Å². The highest BCUT2D eigenvalue weighted by Gasteiger charge is 2.18. The number of hydrogen-bond donors (Lipinski definition) is 2. The van der Waals surface area contributed by atoms with E-state index in [-0.39, 0.29) is 25.0 Å². The number of unbranched alkanes of at least 4 members (excludes halogenated alkanes) is 22. The SMILES string of the molecule is CCCCC(CC)COCCOC1CCCCO1.CCCCCCCCCOCCOC1CCCCO1.CCCCCCCCOCCOCC(O)CCCC.CCCCCCCOCCOC(C)OC1CCCCC1.CCCCCCCOCCOCC(O)COCC(CC)CCCC. The van der Waals surface area contributed by atoms with Crippen LogP contribution in [0.15, 0.2) is 0 Å². The van der Waals surface area contributed by atoms with Crippen molar-refractivity contribution < 1.29 is 76.5 Å². The molecule has 7 atom stereocenters. The second kappa shape index (κ2) is 87.3. The predicted octanol–water partition coefficient (Wildman–Crippen LogP) is 21.3. The lowest BCUT2D eigenvalue weighted by molar-refractivity contribution is -0.172. The second-order valence-corrected chi connectivity index (χ2v) is 28.4. The molecule has 0 aromatic heterocycles. The monoisotopic (exact) mass is 1440 g/mol. The highest BCUT2D eigenvalue weighted by atomic mass is 16.7. The van der Waals surface area contributed by atoms with Crippen molar-refractivity contribution in [1.82, 2.24) is 0 Å². The molecular weight excluding hydrogens is 1260 g/mol. The maximum atomic E-state index is 9.84. The molecule has 1 aliphatic carbocycles. The van der Waals surface area contributed by atoms with E-state index in [1.807, 2.05) is 6.92 Å². The van der Waals surface area contributed by atoms with Gasteiger partial charge in [0.15, 0.2) is 18.9 Å². The van der Waals surface area contributed by atoms with Crippen LogP contribution < -0.4 is 0 Å². The van der Waals surface area contributed by atoms with Crippen LogP contribution in [-0.2, 0) is 66.3 Å². The first-order valence-electron chi connectivity index (χ1n) is 42.9. The van der Waals surface area contributed by atoms with Crippen LogP contribution >= 0.6 is 0 Å². The molecule has 604 valence electrons. The van der Waals surface area contributed by atoms with Crippen LogP contribution in [0.2, 0.25) is 0 Å². The summed E-state index contributed by atoms with van der Waals surface area (Å²) in [6.07, 6.45) is 55.6. The van der Waals surface area contributed by atoms with E-state index in [4.69, 9.17) is 66.3 Å². The average molecular weight is 1440 g/mol. The van der Waals surface area contributed by atoms with Crippen molar-refractivity contribution in [2.45, 2.75) is 395 Å². The second-order valence-electron chi connectivity index (χ2n) is 28.4. The summed E-state index contributed by atoms with van der Waals surface area (Å²) < 4.78 is 78.1. The molecule has 7 unspecified atom stereocenters. The van der Waals surface area contributed by atoms with Crippen LogP contribution in [0.5, 0.6) is 0 Å². The zero-order chi connectivity index (χ0) is 73.2. The Morgan fingerprint density at radius 1 is 0.300 bits per heavy atom. The van der Waals surface area contributed by atoms with Crippen LogP contribution in [0.4, 0.5) is 0 Å². The van der Waals surface area contributed by atoms with E-state index >= 15 is 0 Å². The zero-order valence-electron chi connectivity index (χ0n) is 67.9. The smallest absolute Gasteiger partial charge is 0.157 e. The molecule has 3 rings (SSSR count). The van der Waals surface area contributed by atoms with E-state index in [0.29, 0.717) is 97.9 Å². The fourth-order valence-corrected chi connectivity index (χ4v) is 11.8. The molecule has 2 saturated heterocycles. The summed E-state index contributed by atoms with van der Waals surface area (Å²) in [6, 6.07) is 0. The van der Waals surface area contributed by atoms with Gasteiger partial charge in [-0.25, -0.2) is 0 Å². The molecule has 3 aliphatic rings. The van der Waals surface area contributed by atoms with Crippen LogP contribution in [0.25, 0.3) is 0 Å². The number of ether oxygens (including phenoxy) is 14. The Morgan fingerprint density at radius 3 is 1.04 bits per heavy atom. The van der Waals surface area contributed by atoms with Gasteiger partial charge in [-0.2, -0.15) is 0 Å². The van der Waals surface area contributed by atoms with Gasteiger partial charge in [0.2, 0.25) is 0 Å². The maximum absolute atomic E-state index is 9.84. The highest BCUT2D eigenvalue weighted by Crippen LogP contribution is 2.22. The Balaban J connectivity index is 0. The van der Waals surface area contributed by atoms with Crippen molar-refractivity contribution in [3.8, 4) is 0 Å². The van der Waals surface area contributed by atoms with Gasteiger partial charge in [0.25, 0.3) is 0 Å². The van der Waals surface area contributed by atoms with Crippen LogP contribution in [0.1, 0.15) is 358 Å². The summed E-state index contributed by atoms with van der Waals surface area (Å²) in [6.45, 7) is 36.3. The molecule has 2 aliphatic heterocycles. The first-order valence-corrected chi connectivity index (χ1v) is 42.9. The minimum atomic E-state index is -0.539. The fraction of sp³-hybridized carbons (Fsp3) is 1.00. The lowest BCUT2D eigenvalue weighted by Crippen LogP contribution is -2.25. The molecule has 2 heterocycles. The standard InChI is InChI=1S/C20H42O4.C17H34O3.C16H32O3.C16H34O3.C15H30O3/c1-4-7-9-10-11-13-22-14-15-23-17-20(21)18-24-16-19(6-3)12-8-5-2;1-3-4-5-6-10-13-18-14-15-19-16(2)20-17-11-8-7-9-12-17;1-2-3-4-5-6-7-9-12-17-14-15-19-16-11-8-10-13-18-16;1-3-5-7-8-9-10-12-18-13-14-19-15-16(17)11-6-4-2;1-3-5-8-14(4-2)13-16-11-12-18-15-9-6-7-10-17-15/h19-21H,4-18H2,1-3H3;16-17H,3-15H2,1-2H3;16H,2-15H2,1H3;16-17H,3-15H2,1-2H3;14-15H,3-13H2,1-2H3. The molecule has 100 heavy (non-hydrogen) atoms. The molecule has 1 saturated carbocycles. The van der Waals surface area contributed by atoms with Gasteiger partial charge < -0.3 is 76.5 Å². The van der Waals surface area contributed by atoms with Crippen molar-refractivity contribution in [2.75, 3.05) is 139 Å². The molecule has 0 bridgehead atoms. The quantitative estimate of drug-likeness (QED) is 0.0435. The predicted molar refractivity (Wildman–Crippen MR) is 416 cm³/mol. The van der Waals surface area contributed by atoms with Gasteiger partial charge in [0.05, 0.1) is 98.1 Å². The summed E-state index contributed by atoms with van der Waals surface area (Å²) in [4.78, 5) is 0. The Kier molecular flexibility index (Phi) is 88.5. The van der Waals surface area contributed by atoms with Crippen LogP contribution in [0.3, 0.4) is 0 Å². The Morgan fingerprint density at radius 2 is 0.630 bits per heavy atom. The summed E-state index contributed by atoms with van der Waals surface area (Å²) in [5, 5.41) is 19.4. The number of rotatable bonds is 68. The molecule has 0 aromatic rings. The molecular formula is C84H172O16. The normalized spacial score (nSPS) is 17.2. The van der Waals surface area contributed by atoms with Gasteiger partial charge in [0.1, 0.15) is 6.10 Å². The maximum Gasteiger partial charge on any atom is 0.157 e. The molecule has 0 amide bonds. The summed E-state index contributed by atoms with van der Waals surface area (Å²) >= 11 is 0. The number of hydrogen-bond acceptors (Lipinski definition) is 16. The van der Waals surface area contributed by atoms with Crippen molar-refractivity contribution in [3.05, 3.63) is 0 Å². The van der Waals surface area contributed by atoms with Gasteiger partial charge in [-0.3, -0.25) is 0 Å². The minimum Gasteiger partial charge on any atom is -0.391 e. The van der Waals surface area contributed by atoms with Crippen molar-refractivity contribution in [3.63, 3.8) is 0 Å². The molecule has 2 N–H and O–H groups in total. The first kappa shape index (κ1) is 101. The third kappa shape index (κ3) is 79.9. The lowest BCUT2D eigenvalue weighted by atomic mass is 9.98. The Labute approximate surface area is 619 Å². The first-order chi connectivity index (χ1) is 49.2. The molecule has 0 aromatic carbocycles. The van der Waals surface area contributed by atoms with E-state index in [0.717, 1.165) is 110 Å². The van der Waals surface area contributed by atoms with Gasteiger partial charge in [-0.15, -0.1) is 0 Å². The van der Waals surface area contributed by atoms with E-state index in [9.17, 15) is 10.2 Å². The zero-order valence-corrected chi connectivity index (χ0v) is 67.9. The minimum absolute atomic E-state index is 0.0180. The molecule has 0 radical (unpaired) electrons. The topological polar surface area (TPSA) is 170 Å². The molecule has 16 heteroatoms. The largest absolute Gasteiger partial charge is 0.391 e. The summed E-state index contributed by atoms with van der Waals surface area (Å²) in [7, 11) is 0. The van der Waals surface area contributed by atoms with Crippen molar-refractivity contribution >= 4 is 0 Å². The Bertz CT molecular complexity index is 1440. The lowest BCUT2D eigenvalue weighted by Gasteiger charge is -2.25. The molecule has 16 nitrogen and oxygen atoms in total. The fourth-order valence-electron chi connectivity index (χ4n) is 11.8. The van der Waals surface area contributed by atoms with E-state index in [1.165, 1.54) is 238 Å².